The molecule has 4 aliphatic rings. The maximum absolute atomic E-state index is 2.62. The Morgan fingerprint density at radius 2 is 1.73 bits per heavy atom. The summed E-state index contributed by atoms with van der Waals surface area (Å²) in [4.78, 5) is 0. The normalized spacial score (nSPS) is 44.9. The monoisotopic (exact) mass is 300 g/mol. The summed E-state index contributed by atoms with van der Waals surface area (Å²) in [5, 5.41) is 0. The van der Waals surface area contributed by atoms with Gasteiger partial charge in [0.25, 0.3) is 0 Å². The Balaban J connectivity index is 1.91. The molecule has 0 nitrogen and oxygen atoms in total. The first kappa shape index (κ1) is 15.3. The van der Waals surface area contributed by atoms with Crippen LogP contribution in [0.25, 0.3) is 0 Å². The number of allylic oxidation sites excluding steroid dienone is 2. The quantitative estimate of drug-likeness (QED) is 0.494. The molecule has 124 valence electrons. The molecule has 0 aromatic carbocycles. The van der Waals surface area contributed by atoms with Gasteiger partial charge in [0.2, 0.25) is 0 Å². The van der Waals surface area contributed by atoms with Crippen LogP contribution >= 0.6 is 0 Å². The zero-order chi connectivity index (χ0) is 15.8. The highest BCUT2D eigenvalue weighted by molar-refractivity contribution is 5.42. The van der Waals surface area contributed by atoms with Crippen molar-refractivity contribution in [3.63, 3.8) is 0 Å². The second-order valence-corrected chi connectivity index (χ2v) is 9.96. The fourth-order valence-electron chi connectivity index (χ4n) is 8.00. The van der Waals surface area contributed by atoms with Crippen molar-refractivity contribution in [1.82, 2.24) is 0 Å². The van der Waals surface area contributed by atoms with E-state index in [1.807, 2.05) is 11.1 Å². The van der Waals surface area contributed by atoms with E-state index in [-0.39, 0.29) is 0 Å². The maximum Gasteiger partial charge on any atom is 0.000736 e. The molecular weight excluding hydrogens is 264 g/mol. The number of rotatable bonds is 2. The fraction of sp³-hybridized carbons (Fsp3) is 0.909. The summed E-state index contributed by atoms with van der Waals surface area (Å²) in [7, 11) is 0. The predicted octanol–water partition coefficient (Wildman–Crippen LogP) is 6.76. The van der Waals surface area contributed by atoms with Crippen LogP contribution in [0.3, 0.4) is 0 Å². The Labute approximate surface area is 138 Å². The third-order valence-corrected chi connectivity index (χ3v) is 9.18. The highest BCUT2D eigenvalue weighted by Crippen LogP contribution is 2.83. The highest BCUT2D eigenvalue weighted by Gasteiger charge is 2.76. The summed E-state index contributed by atoms with van der Waals surface area (Å²) < 4.78 is 0. The molecule has 0 spiro atoms. The summed E-state index contributed by atoms with van der Waals surface area (Å²) in [5.74, 6) is 2.94. The van der Waals surface area contributed by atoms with Crippen molar-refractivity contribution in [3.05, 3.63) is 11.1 Å². The Morgan fingerprint density at radius 1 is 1.00 bits per heavy atom. The first-order valence-corrected chi connectivity index (χ1v) is 10.1. The van der Waals surface area contributed by atoms with Gasteiger partial charge < -0.3 is 0 Å². The standard InChI is InChI=1S/C22H36/c1-6-10-15-16-11-7-8-13-18(16)22-14-9-12-17(15)19(22)20(2,3)21(22,4)5/h15,17,19H,6-14H2,1-5H3. The van der Waals surface area contributed by atoms with E-state index in [2.05, 4.69) is 34.6 Å². The first-order chi connectivity index (χ1) is 10.4. The average molecular weight is 301 g/mol. The minimum Gasteiger partial charge on any atom is -0.0670 e. The van der Waals surface area contributed by atoms with Crippen molar-refractivity contribution in [1.29, 1.82) is 0 Å². The molecule has 0 radical (unpaired) electrons. The van der Waals surface area contributed by atoms with Crippen molar-refractivity contribution in [3.8, 4) is 0 Å². The van der Waals surface area contributed by atoms with E-state index in [0.717, 1.165) is 17.8 Å². The molecule has 0 aromatic rings. The van der Waals surface area contributed by atoms with Crippen LogP contribution in [0, 0.1) is 34.0 Å². The van der Waals surface area contributed by atoms with Crippen LogP contribution in [-0.2, 0) is 0 Å². The average Bonchev–Trinajstić information content (AvgIpc) is 2.50. The van der Waals surface area contributed by atoms with Gasteiger partial charge in [-0.1, -0.05) is 58.6 Å². The summed E-state index contributed by atoms with van der Waals surface area (Å²) >= 11 is 0. The van der Waals surface area contributed by atoms with E-state index in [1.54, 1.807) is 0 Å². The van der Waals surface area contributed by atoms with E-state index in [9.17, 15) is 0 Å². The molecule has 2 bridgehead atoms. The molecule has 22 heavy (non-hydrogen) atoms. The van der Waals surface area contributed by atoms with Gasteiger partial charge in [-0.25, -0.2) is 0 Å². The van der Waals surface area contributed by atoms with E-state index >= 15 is 0 Å². The van der Waals surface area contributed by atoms with E-state index in [0.29, 0.717) is 16.2 Å². The van der Waals surface area contributed by atoms with E-state index < -0.39 is 0 Å². The van der Waals surface area contributed by atoms with Crippen LogP contribution in [0.2, 0.25) is 0 Å². The second-order valence-electron chi connectivity index (χ2n) is 9.96. The molecule has 4 rings (SSSR count). The predicted molar refractivity (Wildman–Crippen MR) is 94.7 cm³/mol. The second kappa shape index (κ2) is 4.64. The Morgan fingerprint density at radius 3 is 2.45 bits per heavy atom. The largest absolute Gasteiger partial charge is 0.0670 e. The van der Waals surface area contributed by atoms with E-state index in [4.69, 9.17) is 0 Å². The van der Waals surface area contributed by atoms with Crippen LogP contribution in [0.15, 0.2) is 11.1 Å². The van der Waals surface area contributed by atoms with Gasteiger partial charge in [0.1, 0.15) is 0 Å². The molecule has 0 saturated heterocycles. The lowest BCUT2D eigenvalue weighted by Crippen LogP contribution is -2.74. The number of hydrogen-bond donors (Lipinski definition) is 0. The van der Waals surface area contributed by atoms with Crippen molar-refractivity contribution < 1.29 is 0 Å². The SMILES string of the molecule is CCCC1C2=C(CCCC2)C23CCCC1C2C(C)(C)C3(C)C. The zero-order valence-electron chi connectivity index (χ0n) is 15.6. The Kier molecular flexibility index (Phi) is 3.22. The molecule has 4 unspecified atom stereocenters. The highest BCUT2D eigenvalue weighted by atomic mass is 14.8. The van der Waals surface area contributed by atoms with Crippen molar-refractivity contribution in [2.45, 2.75) is 92.4 Å². The molecule has 0 amide bonds. The van der Waals surface area contributed by atoms with Crippen LogP contribution in [0.1, 0.15) is 92.4 Å². The smallest absolute Gasteiger partial charge is 0.000736 e. The van der Waals surface area contributed by atoms with Crippen LogP contribution in [0.4, 0.5) is 0 Å². The van der Waals surface area contributed by atoms with Gasteiger partial charge >= 0.3 is 0 Å². The minimum absolute atomic E-state index is 0.498. The van der Waals surface area contributed by atoms with Gasteiger partial charge in [-0.05, 0) is 73.5 Å². The molecule has 0 heteroatoms. The first-order valence-electron chi connectivity index (χ1n) is 10.1. The van der Waals surface area contributed by atoms with Gasteiger partial charge in [0, 0.05) is 5.41 Å². The van der Waals surface area contributed by atoms with Gasteiger partial charge in [0.15, 0.2) is 0 Å². The third-order valence-electron chi connectivity index (χ3n) is 9.18. The van der Waals surface area contributed by atoms with Crippen LogP contribution < -0.4 is 0 Å². The van der Waals surface area contributed by atoms with Crippen LogP contribution in [0.5, 0.6) is 0 Å². The lowest BCUT2D eigenvalue weighted by atomic mass is 9.24. The van der Waals surface area contributed by atoms with E-state index in [1.165, 1.54) is 57.8 Å². The minimum atomic E-state index is 0.498. The summed E-state index contributed by atoms with van der Waals surface area (Å²) in [5.41, 5.74) is 5.61. The summed E-state index contributed by atoms with van der Waals surface area (Å²) in [6.45, 7) is 12.8. The molecule has 0 N–H and O–H groups in total. The topological polar surface area (TPSA) is 0 Å². The molecule has 0 aromatic heterocycles. The third kappa shape index (κ3) is 1.47. The van der Waals surface area contributed by atoms with Gasteiger partial charge in [-0.15, -0.1) is 0 Å². The summed E-state index contributed by atoms with van der Waals surface area (Å²) in [6.07, 6.45) is 13.2. The fourth-order valence-corrected chi connectivity index (χ4v) is 8.00. The maximum atomic E-state index is 2.62. The molecular formula is C22H36. The van der Waals surface area contributed by atoms with Crippen molar-refractivity contribution >= 4 is 0 Å². The Hall–Kier alpha value is -0.260. The Bertz CT molecular complexity index is 506. The molecule has 4 atom stereocenters. The summed E-state index contributed by atoms with van der Waals surface area (Å²) in [6, 6.07) is 0. The van der Waals surface area contributed by atoms with Gasteiger partial charge in [0.05, 0.1) is 0 Å². The van der Waals surface area contributed by atoms with Crippen molar-refractivity contribution in [2.24, 2.45) is 34.0 Å². The molecule has 2 saturated carbocycles. The molecule has 0 aliphatic heterocycles. The van der Waals surface area contributed by atoms with Gasteiger partial charge in [-0.2, -0.15) is 0 Å². The lowest BCUT2D eigenvalue weighted by molar-refractivity contribution is -0.278. The molecule has 4 aliphatic carbocycles. The molecule has 0 heterocycles. The zero-order valence-corrected chi connectivity index (χ0v) is 15.6. The number of hydrogen-bond acceptors (Lipinski definition) is 0. The lowest BCUT2D eigenvalue weighted by Gasteiger charge is -2.80. The van der Waals surface area contributed by atoms with Crippen molar-refractivity contribution in [2.75, 3.05) is 0 Å². The van der Waals surface area contributed by atoms with Gasteiger partial charge in [-0.3, -0.25) is 0 Å². The molecule has 2 fully saturated rings. The van der Waals surface area contributed by atoms with Crippen LogP contribution in [-0.4, -0.2) is 0 Å².